The van der Waals surface area contributed by atoms with Crippen LogP contribution in [0.3, 0.4) is 0 Å². The Labute approximate surface area is 154 Å². The summed E-state index contributed by atoms with van der Waals surface area (Å²) in [6.07, 6.45) is 6.07. The SMILES string of the molecule is Cn1ncc(N2CC3CC(C2)N3c2ncnc3ncccc23)c(Cl)c1=O. The average molecular weight is 370 g/mol. The number of piperazine rings is 1. The van der Waals surface area contributed by atoms with Crippen LogP contribution in [-0.2, 0) is 7.05 Å². The molecule has 0 aliphatic carbocycles. The smallest absolute Gasteiger partial charge is 0.287 e. The Kier molecular flexibility index (Phi) is 3.36. The highest BCUT2D eigenvalue weighted by atomic mass is 35.5. The molecule has 8 nitrogen and oxygen atoms in total. The van der Waals surface area contributed by atoms with E-state index in [0.29, 0.717) is 23.4 Å². The van der Waals surface area contributed by atoms with Crippen molar-refractivity contribution in [2.75, 3.05) is 22.9 Å². The molecule has 9 heteroatoms. The number of hydrogen-bond acceptors (Lipinski definition) is 7. The lowest BCUT2D eigenvalue weighted by molar-refractivity contribution is 0.289. The molecule has 0 aromatic carbocycles. The maximum absolute atomic E-state index is 12.1. The molecule has 3 fully saturated rings. The summed E-state index contributed by atoms with van der Waals surface area (Å²) in [6.45, 7) is 1.55. The largest absolute Gasteiger partial charge is 0.365 e. The van der Waals surface area contributed by atoms with Gasteiger partial charge < -0.3 is 9.80 Å². The van der Waals surface area contributed by atoms with E-state index in [1.54, 1.807) is 25.8 Å². The van der Waals surface area contributed by atoms with Crippen molar-refractivity contribution in [1.29, 1.82) is 0 Å². The first kappa shape index (κ1) is 15.5. The Balaban J connectivity index is 1.46. The second kappa shape index (κ2) is 5.63. The van der Waals surface area contributed by atoms with Gasteiger partial charge in [-0.25, -0.2) is 19.6 Å². The zero-order chi connectivity index (χ0) is 17.8. The van der Waals surface area contributed by atoms with Crippen molar-refractivity contribution >= 4 is 34.1 Å². The summed E-state index contributed by atoms with van der Waals surface area (Å²) in [5, 5.41) is 5.30. The summed E-state index contributed by atoms with van der Waals surface area (Å²) in [5.74, 6) is 0.928. The van der Waals surface area contributed by atoms with Gasteiger partial charge in [-0.2, -0.15) is 5.10 Å². The van der Waals surface area contributed by atoms with Gasteiger partial charge in [0.05, 0.1) is 29.4 Å². The zero-order valence-electron chi connectivity index (χ0n) is 14.1. The van der Waals surface area contributed by atoms with Gasteiger partial charge in [0, 0.05) is 26.3 Å². The molecule has 0 spiro atoms. The molecular formula is C17H16ClN7O. The standard InChI is InChI=1S/C17H16ClN7O/c1-23-17(26)14(18)13(6-22-23)24-7-10-5-11(8-24)25(10)16-12-3-2-4-19-15(12)20-9-21-16/h2-4,6,9-11H,5,7-8H2,1H3. The van der Waals surface area contributed by atoms with Crippen LogP contribution in [0.2, 0.25) is 5.02 Å². The minimum Gasteiger partial charge on any atom is -0.365 e. The summed E-state index contributed by atoms with van der Waals surface area (Å²) >= 11 is 6.27. The fourth-order valence-electron chi connectivity index (χ4n) is 3.96. The van der Waals surface area contributed by atoms with Crippen LogP contribution in [0.4, 0.5) is 11.5 Å². The van der Waals surface area contributed by atoms with Crippen LogP contribution in [0.25, 0.3) is 11.0 Å². The van der Waals surface area contributed by atoms with Crippen LogP contribution in [0.1, 0.15) is 6.42 Å². The molecule has 2 unspecified atom stereocenters. The number of halogens is 1. The molecule has 26 heavy (non-hydrogen) atoms. The van der Waals surface area contributed by atoms with E-state index in [2.05, 4.69) is 29.9 Å². The Morgan fingerprint density at radius 3 is 2.81 bits per heavy atom. The number of rotatable bonds is 2. The number of nitrogens with zero attached hydrogens (tertiary/aromatic N) is 7. The molecule has 0 saturated carbocycles. The van der Waals surface area contributed by atoms with Gasteiger partial charge in [0.1, 0.15) is 17.2 Å². The van der Waals surface area contributed by atoms with E-state index < -0.39 is 0 Å². The Hall–Kier alpha value is -2.74. The van der Waals surface area contributed by atoms with Crippen LogP contribution in [0.15, 0.2) is 35.6 Å². The van der Waals surface area contributed by atoms with Gasteiger partial charge in [-0.3, -0.25) is 4.79 Å². The second-order valence-corrected chi connectivity index (χ2v) is 7.08. The van der Waals surface area contributed by atoms with Gasteiger partial charge in [0.15, 0.2) is 5.65 Å². The summed E-state index contributed by atoms with van der Waals surface area (Å²) in [4.78, 5) is 29.6. The Morgan fingerprint density at radius 2 is 2.00 bits per heavy atom. The molecule has 3 aromatic rings. The van der Waals surface area contributed by atoms with E-state index >= 15 is 0 Å². The molecule has 2 bridgehead atoms. The lowest BCUT2D eigenvalue weighted by atomic mass is 9.87. The molecule has 132 valence electrons. The summed E-state index contributed by atoms with van der Waals surface area (Å²) in [6, 6.07) is 4.53. The minimum atomic E-state index is -0.270. The van der Waals surface area contributed by atoms with Crippen molar-refractivity contribution < 1.29 is 0 Å². The molecular weight excluding hydrogens is 354 g/mol. The van der Waals surface area contributed by atoms with Crippen molar-refractivity contribution in [3.05, 3.63) is 46.2 Å². The number of anilines is 2. The lowest BCUT2D eigenvalue weighted by Crippen LogP contribution is -2.69. The predicted octanol–water partition coefficient (Wildman–Crippen LogP) is 1.24. The van der Waals surface area contributed by atoms with E-state index in [9.17, 15) is 4.79 Å². The zero-order valence-corrected chi connectivity index (χ0v) is 14.8. The Bertz CT molecular complexity index is 1050. The molecule has 2 atom stereocenters. The molecule has 6 heterocycles. The summed E-state index contributed by atoms with van der Waals surface area (Å²) < 4.78 is 1.25. The molecule has 6 rings (SSSR count). The second-order valence-electron chi connectivity index (χ2n) is 6.70. The highest BCUT2D eigenvalue weighted by Crippen LogP contribution is 2.40. The number of aryl methyl sites for hydroxylation is 1. The van der Waals surface area contributed by atoms with Gasteiger partial charge >= 0.3 is 0 Å². The van der Waals surface area contributed by atoms with Crippen molar-refractivity contribution in [2.24, 2.45) is 7.05 Å². The fraction of sp³-hybridized carbons (Fsp3) is 0.353. The molecule has 3 aromatic heterocycles. The average Bonchev–Trinajstić information content (AvgIpc) is 2.66. The first-order valence-corrected chi connectivity index (χ1v) is 8.82. The molecule has 3 aliphatic rings. The quantitative estimate of drug-likeness (QED) is 0.672. The number of pyridine rings is 1. The fourth-order valence-corrected chi connectivity index (χ4v) is 4.25. The highest BCUT2D eigenvalue weighted by molar-refractivity contribution is 6.33. The normalized spacial score (nSPS) is 21.8. The first-order chi connectivity index (χ1) is 12.6. The van der Waals surface area contributed by atoms with E-state index in [-0.39, 0.29) is 10.6 Å². The van der Waals surface area contributed by atoms with Gasteiger partial charge in [-0.1, -0.05) is 11.6 Å². The van der Waals surface area contributed by atoms with E-state index in [1.165, 1.54) is 4.68 Å². The molecule has 0 radical (unpaired) electrons. The van der Waals surface area contributed by atoms with Crippen molar-refractivity contribution in [1.82, 2.24) is 24.7 Å². The van der Waals surface area contributed by atoms with Gasteiger partial charge in [-0.15, -0.1) is 0 Å². The van der Waals surface area contributed by atoms with E-state index in [0.717, 1.165) is 30.7 Å². The topological polar surface area (TPSA) is 80.0 Å². The van der Waals surface area contributed by atoms with Crippen LogP contribution >= 0.6 is 11.6 Å². The van der Waals surface area contributed by atoms with Crippen molar-refractivity contribution in [3.63, 3.8) is 0 Å². The van der Waals surface area contributed by atoms with Crippen LogP contribution < -0.4 is 15.4 Å². The molecule has 0 N–H and O–H groups in total. The Morgan fingerprint density at radius 1 is 1.19 bits per heavy atom. The number of aromatic nitrogens is 5. The first-order valence-electron chi connectivity index (χ1n) is 8.44. The van der Waals surface area contributed by atoms with Crippen LogP contribution in [-0.4, -0.2) is 49.9 Å². The van der Waals surface area contributed by atoms with E-state index in [4.69, 9.17) is 11.6 Å². The number of fused-ring (bicyclic) bond motifs is 3. The maximum atomic E-state index is 12.1. The minimum absolute atomic E-state index is 0.229. The van der Waals surface area contributed by atoms with Crippen LogP contribution in [0.5, 0.6) is 0 Å². The van der Waals surface area contributed by atoms with Crippen molar-refractivity contribution in [3.8, 4) is 0 Å². The lowest BCUT2D eigenvalue weighted by Gasteiger charge is -2.57. The van der Waals surface area contributed by atoms with Gasteiger partial charge in [0.25, 0.3) is 5.56 Å². The number of piperidine rings is 1. The third-order valence-electron chi connectivity index (χ3n) is 5.23. The van der Waals surface area contributed by atoms with E-state index in [1.807, 2.05) is 12.1 Å². The number of hydrogen-bond donors (Lipinski definition) is 0. The molecule has 0 amide bonds. The monoisotopic (exact) mass is 369 g/mol. The van der Waals surface area contributed by atoms with Crippen molar-refractivity contribution in [2.45, 2.75) is 18.5 Å². The molecule has 3 aliphatic heterocycles. The third-order valence-corrected chi connectivity index (χ3v) is 5.58. The molecule has 3 saturated heterocycles. The van der Waals surface area contributed by atoms with Crippen LogP contribution in [0, 0.1) is 0 Å². The van der Waals surface area contributed by atoms with Gasteiger partial charge in [-0.05, 0) is 18.6 Å². The summed E-state index contributed by atoms with van der Waals surface area (Å²) in [5.41, 5.74) is 1.14. The van der Waals surface area contributed by atoms with Gasteiger partial charge in [0.2, 0.25) is 0 Å². The maximum Gasteiger partial charge on any atom is 0.287 e. The predicted molar refractivity (Wildman–Crippen MR) is 98.7 cm³/mol. The third kappa shape index (κ3) is 2.18. The summed E-state index contributed by atoms with van der Waals surface area (Å²) in [7, 11) is 1.60. The highest BCUT2D eigenvalue weighted by Gasteiger charge is 2.46.